The molecular weight excluding hydrogens is 553 g/mol. The van der Waals surface area contributed by atoms with Crippen molar-refractivity contribution in [3.05, 3.63) is 100 Å². The second-order valence-electron chi connectivity index (χ2n) is 11.5. The molecule has 0 atom stereocenters. The van der Waals surface area contributed by atoms with Crippen LogP contribution < -0.4 is 10.1 Å². The van der Waals surface area contributed by atoms with Crippen LogP contribution in [0.1, 0.15) is 55.1 Å². The molecule has 1 amide bonds. The van der Waals surface area contributed by atoms with Crippen LogP contribution >= 0.6 is 11.6 Å². The van der Waals surface area contributed by atoms with Gasteiger partial charge in [-0.2, -0.15) is 10.4 Å². The molecule has 9 heteroatoms. The topological polar surface area (TPSA) is 83.2 Å². The second-order valence-corrected chi connectivity index (χ2v) is 11.9. The largest absolute Gasteiger partial charge is 0.490 e. The van der Waals surface area contributed by atoms with Gasteiger partial charge >= 0.3 is 0 Å². The molecule has 1 saturated heterocycles. The number of aromatic nitrogens is 2. The highest BCUT2D eigenvalue weighted by Crippen LogP contribution is 2.31. The van der Waals surface area contributed by atoms with E-state index in [2.05, 4.69) is 21.4 Å². The summed E-state index contributed by atoms with van der Waals surface area (Å²) in [5, 5.41) is 17.1. The van der Waals surface area contributed by atoms with E-state index in [-0.39, 0.29) is 17.8 Å². The summed E-state index contributed by atoms with van der Waals surface area (Å²) >= 11 is 6.57. The van der Waals surface area contributed by atoms with Gasteiger partial charge in [-0.3, -0.25) is 14.4 Å². The molecule has 0 saturated carbocycles. The van der Waals surface area contributed by atoms with Gasteiger partial charge in [0.2, 0.25) is 0 Å². The predicted molar refractivity (Wildman–Crippen MR) is 162 cm³/mol. The maximum Gasteiger partial charge on any atom is 0.259 e. The fraction of sp³-hybridized carbons (Fsp3) is 0.303. The molecule has 1 aliphatic heterocycles. The first kappa shape index (κ1) is 29.3. The second kappa shape index (κ2) is 12.4. The van der Waals surface area contributed by atoms with Crippen LogP contribution in [0.25, 0.3) is 11.3 Å². The molecule has 1 aliphatic rings. The minimum absolute atomic E-state index is 0.111. The number of hydrogen-bond acceptors (Lipinski definition) is 5. The van der Waals surface area contributed by atoms with Gasteiger partial charge in [-0.1, -0.05) is 11.6 Å². The van der Waals surface area contributed by atoms with Crippen molar-refractivity contribution in [1.82, 2.24) is 14.7 Å². The van der Waals surface area contributed by atoms with Crippen LogP contribution in [0.5, 0.6) is 5.75 Å². The Morgan fingerprint density at radius 1 is 1.10 bits per heavy atom. The van der Waals surface area contributed by atoms with Crippen LogP contribution in [0.4, 0.5) is 10.1 Å². The SMILES string of the molecule is CC(C)(C)n1ncc(C(=O)Nc2ccc(Cl)c(CN3CCC(Oc4ccc(C#N)cc4)CC3)c2)c1-c1ccc(F)cc1. The third-order valence-corrected chi connectivity index (χ3v) is 7.65. The molecule has 0 radical (unpaired) electrons. The average Bonchev–Trinajstić information content (AvgIpc) is 3.43. The first-order chi connectivity index (χ1) is 20.1. The molecule has 3 aromatic carbocycles. The monoisotopic (exact) mass is 585 g/mol. The van der Waals surface area contributed by atoms with E-state index < -0.39 is 5.54 Å². The highest BCUT2D eigenvalue weighted by Gasteiger charge is 2.26. The maximum absolute atomic E-state index is 13.6. The van der Waals surface area contributed by atoms with E-state index in [1.165, 1.54) is 12.1 Å². The van der Waals surface area contributed by atoms with Crippen LogP contribution in [0.3, 0.4) is 0 Å². The van der Waals surface area contributed by atoms with E-state index >= 15 is 0 Å². The third-order valence-electron chi connectivity index (χ3n) is 7.29. The van der Waals surface area contributed by atoms with Gasteiger partial charge in [0.05, 0.1) is 34.6 Å². The lowest BCUT2D eigenvalue weighted by Crippen LogP contribution is -2.37. The van der Waals surface area contributed by atoms with Gasteiger partial charge in [0.1, 0.15) is 17.7 Å². The quantitative estimate of drug-likeness (QED) is 0.247. The fourth-order valence-electron chi connectivity index (χ4n) is 5.11. The number of carbonyl (C=O) groups is 1. The molecule has 1 aromatic heterocycles. The normalized spacial score (nSPS) is 14.4. The van der Waals surface area contributed by atoms with Crippen molar-refractivity contribution in [2.24, 2.45) is 0 Å². The van der Waals surface area contributed by atoms with Crippen molar-refractivity contribution in [1.29, 1.82) is 5.26 Å². The predicted octanol–water partition coefficient (Wildman–Crippen LogP) is 7.26. The molecule has 1 N–H and O–H groups in total. The van der Waals surface area contributed by atoms with Gasteiger partial charge in [0, 0.05) is 35.9 Å². The Kier molecular flexibility index (Phi) is 8.62. The molecule has 1 fully saturated rings. The number of nitrogens with one attached hydrogen (secondary N) is 1. The summed E-state index contributed by atoms with van der Waals surface area (Å²) in [5.41, 5.74) is 3.50. The van der Waals surface area contributed by atoms with Crippen molar-refractivity contribution in [3.8, 4) is 23.1 Å². The summed E-state index contributed by atoms with van der Waals surface area (Å²) in [5.74, 6) is 0.122. The zero-order valence-electron chi connectivity index (χ0n) is 23.9. The summed E-state index contributed by atoms with van der Waals surface area (Å²) in [6.45, 7) is 8.35. The lowest BCUT2D eigenvalue weighted by molar-refractivity contribution is 0.0968. The number of nitrogens with zero attached hydrogens (tertiary/aromatic N) is 4. The fourth-order valence-corrected chi connectivity index (χ4v) is 5.28. The summed E-state index contributed by atoms with van der Waals surface area (Å²) in [6, 6.07) is 20.9. The third kappa shape index (κ3) is 6.81. The number of likely N-dealkylation sites (tertiary alicyclic amines) is 1. The van der Waals surface area contributed by atoms with E-state index in [0.717, 1.165) is 37.2 Å². The molecule has 42 heavy (non-hydrogen) atoms. The minimum Gasteiger partial charge on any atom is -0.490 e. The van der Waals surface area contributed by atoms with Crippen molar-refractivity contribution < 1.29 is 13.9 Å². The summed E-state index contributed by atoms with van der Waals surface area (Å²) in [4.78, 5) is 15.8. The van der Waals surface area contributed by atoms with Gasteiger partial charge in [-0.25, -0.2) is 4.39 Å². The first-order valence-electron chi connectivity index (χ1n) is 13.9. The number of nitriles is 1. The van der Waals surface area contributed by atoms with Gasteiger partial charge in [0.15, 0.2) is 0 Å². The molecule has 7 nitrogen and oxygen atoms in total. The number of piperidine rings is 1. The lowest BCUT2D eigenvalue weighted by Gasteiger charge is -2.32. The number of carbonyl (C=O) groups excluding carboxylic acids is 1. The van der Waals surface area contributed by atoms with Crippen LogP contribution in [-0.2, 0) is 12.1 Å². The standard InChI is InChI=1S/C33H33ClFN5O2/c1-33(2,3)40-31(23-6-8-25(35)9-7-23)29(20-37-40)32(41)38-26-10-13-30(34)24(18-26)21-39-16-14-28(15-17-39)42-27-11-4-22(19-36)5-12-27/h4-13,18,20,28H,14-17,21H2,1-3H3,(H,38,41). The number of ether oxygens (including phenoxy) is 1. The Balaban J connectivity index is 1.26. The van der Waals surface area contributed by atoms with Crippen LogP contribution in [0, 0.1) is 17.1 Å². The van der Waals surface area contributed by atoms with Gasteiger partial charge in [0.25, 0.3) is 5.91 Å². The zero-order valence-corrected chi connectivity index (χ0v) is 24.7. The lowest BCUT2D eigenvalue weighted by atomic mass is 10.0. The van der Waals surface area contributed by atoms with E-state index in [9.17, 15) is 9.18 Å². The number of amides is 1. The Hall–Kier alpha value is -4.19. The summed E-state index contributed by atoms with van der Waals surface area (Å²) in [6.07, 6.45) is 3.41. The Morgan fingerprint density at radius 3 is 2.43 bits per heavy atom. The molecule has 0 aliphatic carbocycles. The van der Waals surface area contributed by atoms with Crippen molar-refractivity contribution >= 4 is 23.2 Å². The maximum atomic E-state index is 13.6. The smallest absolute Gasteiger partial charge is 0.259 e. The molecule has 0 bridgehead atoms. The van der Waals surface area contributed by atoms with E-state index in [1.54, 1.807) is 47.3 Å². The Bertz CT molecular complexity index is 1600. The van der Waals surface area contributed by atoms with Gasteiger partial charge in [-0.15, -0.1) is 0 Å². The van der Waals surface area contributed by atoms with Crippen LogP contribution in [0.2, 0.25) is 5.02 Å². The van der Waals surface area contributed by atoms with Crippen LogP contribution in [-0.4, -0.2) is 39.8 Å². The zero-order chi connectivity index (χ0) is 29.9. The molecule has 2 heterocycles. The summed E-state index contributed by atoms with van der Waals surface area (Å²) < 4.78 is 21.6. The minimum atomic E-state index is -0.393. The highest BCUT2D eigenvalue weighted by atomic mass is 35.5. The van der Waals surface area contributed by atoms with E-state index in [0.29, 0.717) is 39.6 Å². The first-order valence-corrected chi connectivity index (χ1v) is 14.3. The Labute approximate surface area is 250 Å². The van der Waals surface area contributed by atoms with Gasteiger partial charge < -0.3 is 10.1 Å². The number of hydrogen-bond donors (Lipinski definition) is 1. The molecule has 5 rings (SSSR count). The number of rotatable bonds is 7. The Morgan fingerprint density at radius 2 is 1.79 bits per heavy atom. The van der Waals surface area contributed by atoms with Crippen molar-refractivity contribution in [2.75, 3.05) is 18.4 Å². The summed E-state index contributed by atoms with van der Waals surface area (Å²) in [7, 11) is 0. The average molecular weight is 586 g/mol. The number of anilines is 1. The molecule has 0 spiro atoms. The van der Waals surface area contributed by atoms with E-state index in [1.807, 2.05) is 39.0 Å². The highest BCUT2D eigenvalue weighted by molar-refractivity contribution is 6.31. The molecule has 4 aromatic rings. The number of benzene rings is 3. The molecule has 0 unspecified atom stereocenters. The van der Waals surface area contributed by atoms with Crippen molar-refractivity contribution in [3.63, 3.8) is 0 Å². The molecule has 216 valence electrons. The number of halogens is 2. The van der Waals surface area contributed by atoms with Crippen LogP contribution in [0.15, 0.2) is 72.9 Å². The molecular formula is C33H33ClFN5O2. The van der Waals surface area contributed by atoms with E-state index in [4.69, 9.17) is 21.6 Å². The van der Waals surface area contributed by atoms with Crippen molar-refractivity contribution in [2.45, 2.75) is 51.8 Å². The van der Waals surface area contributed by atoms with Gasteiger partial charge in [-0.05, 0) is 106 Å².